The molecule has 1 aromatic carbocycles. The minimum Gasteiger partial charge on any atom is -0.481 e. The van der Waals surface area contributed by atoms with E-state index < -0.39 is 11.9 Å². The van der Waals surface area contributed by atoms with Gasteiger partial charge in [0.15, 0.2) is 11.5 Å². The molecule has 3 aromatic heterocycles. The molecule has 0 aliphatic carbocycles. The van der Waals surface area contributed by atoms with Crippen molar-refractivity contribution in [3.63, 3.8) is 0 Å². The summed E-state index contributed by atoms with van der Waals surface area (Å²) in [6.07, 6.45) is -1.05. The summed E-state index contributed by atoms with van der Waals surface area (Å²) in [6.45, 7) is 0. The molecule has 4 aromatic rings. The summed E-state index contributed by atoms with van der Waals surface area (Å²) in [6, 6.07) is 6.21. The Morgan fingerprint density at radius 2 is 1.93 bits per heavy atom. The van der Waals surface area contributed by atoms with Crippen LogP contribution in [0.4, 0.5) is 19.2 Å². The molecule has 0 bridgehead atoms. The van der Waals surface area contributed by atoms with Gasteiger partial charge in [-0.05, 0) is 18.2 Å². The van der Waals surface area contributed by atoms with Crippen LogP contribution in [0.3, 0.4) is 0 Å². The first-order chi connectivity index (χ1) is 12.9. The first kappa shape index (κ1) is 16.9. The molecule has 10 heteroatoms. The van der Waals surface area contributed by atoms with Gasteiger partial charge in [0.25, 0.3) is 6.01 Å². The van der Waals surface area contributed by atoms with Gasteiger partial charge < -0.3 is 14.9 Å². The lowest BCUT2D eigenvalue weighted by Gasteiger charge is -2.14. The van der Waals surface area contributed by atoms with Gasteiger partial charge in [0.05, 0.1) is 30.8 Å². The van der Waals surface area contributed by atoms with Gasteiger partial charge in [-0.25, -0.2) is 14.6 Å². The molecular formula is C17H12F3N5O2. The molecule has 0 atom stereocenters. The van der Waals surface area contributed by atoms with E-state index in [0.29, 0.717) is 16.7 Å². The van der Waals surface area contributed by atoms with Crippen molar-refractivity contribution in [3.8, 4) is 22.9 Å². The van der Waals surface area contributed by atoms with Crippen molar-refractivity contribution < 1.29 is 22.3 Å². The molecule has 0 radical (unpaired) electrons. The summed E-state index contributed by atoms with van der Waals surface area (Å²) in [7, 11) is 1.44. The normalized spacial score (nSPS) is 11.9. The third kappa shape index (κ3) is 2.75. The maximum absolute atomic E-state index is 13.9. The average molecular weight is 375 g/mol. The van der Waals surface area contributed by atoms with Gasteiger partial charge in [0, 0.05) is 17.0 Å². The molecule has 0 unspecified atom stereocenters. The van der Waals surface area contributed by atoms with Crippen LogP contribution in [0.15, 0.2) is 47.3 Å². The molecule has 7 nitrogen and oxygen atoms in total. The third-order valence-corrected chi connectivity index (χ3v) is 3.99. The van der Waals surface area contributed by atoms with Crippen LogP contribution in [0.25, 0.3) is 27.8 Å². The topological polar surface area (TPSA) is 92.0 Å². The van der Waals surface area contributed by atoms with E-state index >= 15 is 0 Å². The second kappa shape index (κ2) is 6.01. The molecule has 0 saturated carbocycles. The number of halogens is 3. The van der Waals surface area contributed by atoms with Crippen molar-refractivity contribution in [1.29, 1.82) is 0 Å². The van der Waals surface area contributed by atoms with Crippen LogP contribution in [-0.2, 0) is 6.18 Å². The number of nitrogens with two attached hydrogens (primary N) is 1. The molecule has 0 saturated heterocycles. The van der Waals surface area contributed by atoms with Gasteiger partial charge in [-0.1, -0.05) is 6.07 Å². The molecular weight excluding hydrogens is 363 g/mol. The lowest BCUT2D eigenvalue weighted by atomic mass is 10.1. The maximum atomic E-state index is 13.9. The van der Waals surface area contributed by atoms with E-state index in [0.717, 1.165) is 17.1 Å². The highest BCUT2D eigenvalue weighted by molar-refractivity contribution is 5.93. The number of methoxy groups -OCH3 is 1. The van der Waals surface area contributed by atoms with Crippen molar-refractivity contribution in [2.45, 2.75) is 6.18 Å². The Balaban J connectivity index is 2.01. The molecule has 4 rings (SSSR count). The zero-order valence-electron chi connectivity index (χ0n) is 13.9. The van der Waals surface area contributed by atoms with Gasteiger partial charge in [0.1, 0.15) is 0 Å². The number of fused-ring (bicyclic) bond motifs is 1. The Kier molecular flexibility index (Phi) is 3.76. The number of anilines is 1. The largest absolute Gasteiger partial charge is 0.481 e. The van der Waals surface area contributed by atoms with Gasteiger partial charge >= 0.3 is 6.18 Å². The number of nitrogen functional groups attached to an aromatic ring is 1. The van der Waals surface area contributed by atoms with Gasteiger partial charge in [-0.15, -0.1) is 0 Å². The highest BCUT2D eigenvalue weighted by Gasteiger charge is 2.40. The van der Waals surface area contributed by atoms with Gasteiger partial charge in [-0.2, -0.15) is 18.3 Å². The van der Waals surface area contributed by atoms with Crippen molar-refractivity contribution in [2.24, 2.45) is 0 Å². The molecule has 0 spiro atoms. The number of alkyl halides is 3. The number of hydrogen-bond donors (Lipinski definition) is 1. The van der Waals surface area contributed by atoms with E-state index in [1.165, 1.54) is 19.4 Å². The molecule has 0 aliphatic heterocycles. The number of nitrogens with zero attached hydrogens (tertiary/aromatic N) is 4. The summed E-state index contributed by atoms with van der Waals surface area (Å²) in [5.74, 6) is 0.184. The third-order valence-electron chi connectivity index (χ3n) is 3.99. The highest BCUT2D eigenvalue weighted by Crippen LogP contribution is 2.40. The number of rotatable bonds is 3. The Bertz CT molecular complexity index is 1130. The Morgan fingerprint density at radius 3 is 2.59 bits per heavy atom. The van der Waals surface area contributed by atoms with Gasteiger partial charge in [-0.3, -0.25) is 0 Å². The number of hydrogen-bond acceptors (Lipinski definition) is 6. The summed E-state index contributed by atoms with van der Waals surface area (Å²) < 4.78 is 52.7. The van der Waals surface area contributed by atoms with Crippen LogP contribution >= 0.6 is 0 Å². The first-order valence-electron chi connectivity index (χ1n) is 7.69. The molecule has 0 aliphatic rings. The fourth-order valence-electron chi connectivity index (χ4n) is 2.91. The summed E-state index contributed by atoms with van der Waals surface area (Å²) in [5.41, 5.74) is 4.36. The van der Waals surface area contributed by atoms with Crippen LogP contribution in [0, 0.1) is 0 Å². The zero-order chi connectivity index (χ0) is 19.2. The highest BCUT2D eigenvalue weighted by atomic mass is 19.4. The molecule has 138 valence electrons. The predicted molar refractivity (Wildman–Crippen MR) is 90.3 cm³/mol. The first-order valence-corrected chi connectivity index (χ1v) is 7.69. The van der Waals surface area contributed by atoms with E-state index in [1.807, 2.05) is 0 Å². The molecule has 0 amide bonds. The van der Waals surface area contributed by atoms with E-state index in [1.54, 1.807) is 18.2 Å². The smallest absolute Gasteiger partial charge is 0.434 e. The van der Waals surface area contributed by atoms with Crippen molar-refractivity contribution in [3.05, 3.63) is 48.5 Å². The maximum Gasteiger partial charge on any atom is 0.434 e. The molecule has 3 heterocycles. The minimum atomic E-state index is -4.70. The van der Waals surface area contributed by atoms with Crippen LogP contribution in [0.2, 0.25) is 0 Å². The second-order valence-corrected chi connectivity index (χ2v) is 5.57. The lowest BCUT2D eigenvalue weighted by Crippen LogP contribution is -2.14. The number of aromatic nitrogens is 4. The Morgan fingerprint density at radius 1 is 1.11 bits per heavy atom. The fraction of sp³-hybridized carbons (Fsp3) is 0.118. The van der Waals surface area contributed by atoms with Crippen molar-refractivity contribution >= 4 is 16.8 Å². The van der Waals surface area contributed by atoms with E-state index in [4.69, 9.17) is 14.9 Å². The molecule has 27 heavy (non-hydrogen) atoms. The number of ether oxygens (including phenoxy) is 1. The monoisotopic (exact) mass is 375 g/mol. The van der Waals surface area contributed by atoms with Crippen molar-refractivity contribution in [1.82, 2.24) is 19.7 Å². The van der Waals surface area contributed by atoms with E-state index in [2.05, 4.69) is 15.1 Å². The van der Waals surface area contributed by atoms with Crippen LogP contribution in [0.1, 0.15) is 5.69 Å². The summed E-state index contributed by atoms with van der Waals surface area (Å²) in [4.78, 5) is 7.73. The molecule has 2 N–H and O–H groups in total. The predicted octanol–water partition coefficient (Wildman–Crippen LogP) is 3.69. The van der Waals surface area contributed by atoms with E-state index in [-0.39, 0.29) is 23.0 Å². The zero-order valence-corrected chi connectivity index (χ0v) is 13.9. The standard InChI is InChI=1S/C17H12F3N5O2/c1-26-15-10-3-2-4-12(9(10)5-6-22-15)25-14(17(18,19)20)11(7-24-25)13-8-23-16(21)27-13/h2-8H,1H3,(H2,21,23). The second-order valence-electron chi connectivity index (χ2n) is 5.57. The summed E-state index contributed by atoms with van der Waals surface area (Å²) >= 11 is 0. The summed E-state index contributed by atoms with van der Waals surface area (Å²) in [5, 5.41) is 5.01. The number of pyridine rings is 1. The average Bonchev–Trinajstić information content (AvgIpc) is 3.26. The minimum absolute atomic E-state index is 0.120. The SMILES string of the molecule is COc1nccc2c(-n3ncc(-c4cnc(N)o4)c3C(F)(F)F)cccc12. The van der Waals surface area contributed by atoms with Gasteiger partial charge in [0.2, 0.25) is 5.88 Å². The lowest BCUT2D eigenvalue weighted by molar-refractivity contribution is -0.142. The quantitative estimate of drug-likeness (QED) is 0.587. The number of benzene rings is 1. The van der Waals surface area contributed by atoms with Crippen LogP contribution in [-0.4, -0.2) is 26.9 Å². The number of oxazole rings is 1. The van der Waals surface area contributed by atoms with Crippen LogP contribution in [0.5, 0.6) is 5.88 Å². The van der Waals surface area contributed by atoms with Crippen LogP contribution < -0.4 is 10.5 Å². The Labute approximate surface area is 150 Å². The molecule has 0 fully saturated rings. The van der Waals surface area contributed by atoms with Crippen molar-refractivity contribution in [2.75, 3.05) is 12.8 Å². The fourth-order valence-corrected chi connectivity index (χ4v) is 2.91. The Hall–Kier alpha value is -3.56. The van der Waals surface area contributed by atoms with E-state index in [9.17, 15) is 13.2 Å².